The van der Waals surface area contributed by atoms with Gasteiger partial charge in [0.1, 0.15) is 24.0 Å². The highest BCUT2D eigenvalue weighted by Gasteiger charge is 2.29. The van der Waals surface area contributed by atoms with E-state index in [1.807, 2.05) is 49.4 Å². The molecule has 9 nitrogen and oxygen atoms in total. The molecule has 2 aromatic carbocycles. The first kappa shape index (κ1) is 26.4. The molecule has 0 radical (unpaired) electrons. The average Bonchev–Trinajstić information content (AvgIpc) is 3.39. The standard InChI is InChI=1S/C31H39N7O2/c1-3-7-29(32)36-14-16-37(17-15-36)30-26-11-13-38(28-19-24(39)18-22-8-4-5-10-25(22)28)20-27(26)33-31(34-30)40-21-23-9-6-12-35(23)2/h3-5,7-8,10,18-19,23,32,39H,6,9,11-17,20-21H2,1-2H3/b7-3+,32-29?/t23-/m0/s1. The monoisotopic (exact) mass is 541 g/mol. The van der Waals surface area contributed by atoms with E-state index in [2.05, 4.69) is 32.7 Å². The van der Waals surface area contributed by atoms with Crippen LogP contribution < -0.4 is 14.5 Å². The van der Waals surface area contributed by atoms with Crippen molar-refractivity contribution < 1.29 is 9.84 Å². The predicted octanol–water partition coefficient (Wildman–Crippen LogP) is 4.05. The Morgan fingerprint density at radius 2 is 1.90 bits per heavy atom. The molecule has 4 heterocycles. The predicted molar refractivity (Wildman–Crippen MR) is 160 cm³/mol. The van der Waals surface area contributed by atoms with Crippen LogP contribution in [0.4, 0.5) is 11.5 Å². The number of nitrogens with one attached hydrogen (secondary N) is 1. The molecule has 0 unspecified atom stereocenters. The van der Waals surface area contributed by atoms with E-state index in [4.69, 9.17) is 20.1 Å². The summed E-state index contributed by atoms with van der Waals surface area (Å²) in [6.45, 7) is 8.25. The van der Waals surface area contributed by atoms with Crippen molar-refractivity contribution in [2.45, 2.75) is 38.8 Å². The van der Waals surface area contributed by atoms with Gasteiger partial charge in [-0.2, -0.15) is 9.97 Å². The van der Waals surface area contributed by atoms with Gasteiger partial charge in [0.2, 0.25) is 0 Å². The van der Waals surface area contributed by atoms with Crippen molar-refractivity contribution in [2.24, 2.45) is 0 Å². The van der Waals surface area contributed by atoms with E-state index in [0.717, 1.165) is 80.1 Å². The molecule has 0 spiro atoms. The number of fused-ring (bicyclic) bond motifs is 2. The molecule has 40 heavy (non-hydrogen) atoms. The number of benzene rings is 2. The van der Waals surface area contributed by atoms with E-state index in [1.54, 1.807) is 0 Å². The van der Waals surface area contributed by atoms with Gasteiger partial charge in [-0.05, 0) is 57.3 Å². The first-order valence-corrected chi connectivity index (χ1v) is 14.4. The fraction of sp³-hybridized carbons (Fsp3) is 0.452. The molecule has 0 aliphatic carbocycles. The van der Waals surface area contributed by atoms with Gasteiger partial charge < -0.3 is 29.4 Å². The lowest BCUT2D eigenvalue weighted by Crippen LogP contribution is -2.49. The molecule has 1 atom stereocenters. The molecule has 3 aromatic rings. The number of allylic oxidation sites excluding steroid dienone is 1. The highest BCUT2D eigenvalue weighted by molar-refractivity contribution is 5.95. The Kier molecular flexibility index (Phi) is 7.47. The number of ether oxygens (including phenoxy) is 1. The zero-order chi connectivity index (χ0) is 27.6. The normalized spacial score (nSPS) is 19.9. The maximum Gasteiger partial charge on any atom is 0.318 e. The first-order chi connectivity index (χ1) is 19.5. The zero-order valence-electron chi connectivity index (χ0n) is 23.5. The number of likely N-dealkylation sites (tertiary alicyclic amines) is 1. The van der Waals surface area contributed by atoms with Crippen molar-refractivity contribution in [2.75, 3.05) is 62.7 Å². The molecule has 2 saturated heterocycles. The summed E-state index contributed by atoms with van der Waals surface area (Å²) in [6, 6.07) is 12.7. The third kappa shape index (κ3) is 5.30. The molecular formula is C31H39N7O2. The van der Waals surface area contributed by atoms with Crippen molar-refractivity contribution in [3.05, 3.63) is 59.8 Å². The van der Waals surface area contributed by atoms with Crippen molar-refractivity contribution in [3.63, 3.8) is 0 Å². The van der Waals surface area contributed by atoms with Gasteiger partial charge in [-0.1, -0.05) is 30.3 Å². The summed E-state index contributed by atoms with van der Waals surface area (Å²) in [5.41, 5.74) is 3.19. The maximum absolute atomic E-state index is 10.5. The quantitative estimate of drug-likeness (QED) is 0.357. The number of amidine groups is 1. The maximum atomic E-state index is 10.5. The molecule has 2 N–H and O–H groups in total. The second-order valence-electron chi connectivity index (χ2n) is 11.1. The number of aromatic nitrogens is 2. The van der Waals surface area contributed by atoms with Gasteiger partial charge >= 0.3 is 6.01 Å². The Morgan fingerprint density at radius 3 is 2.67 bits per heavy atom. The van der Waals surface area contributed by atoms with Crippen LogP contribution in [0.5, 0.6) is 11.8 Å². The lowest BCUT2D eigenvalue weighted by Gasteiger charge is -2.38. The lowest BCUT2D eigenvalue weighted by atomic mass is 10.0. The largest absolute Gasteiger partial charge is 0.508 e. The molecule has 0 bridgehead atoms. The number of likely N-dealkylation sites (N-methyl/N-ethyl adjacent to an activating group) is 1. The minimum absolute atomic E-state index is 0.272. The minimum Gasteiger partial charge on any atom is -0.508 e. The summed E-state index contributed by atoms with van der Waals surface area (Å²) in [4.78, 5) is 19.1. The zero-order valence-corrected chi connectivity index (χ0v) is 23.5. The summed E-state index contributed by atoms with van der Waals surface area (Å²) in [5.74, 6) is 1.80. The number of aromatic hydroxyl groups is 1. The SMILES string of the molecule is C/C=C/C(=N)N1CCN(c2nc(OC[C@@H]3CCCN3C)nc3c2CCN(c2cc(O)cc4ccccc24)C3)CC1. The van der Waals surface area contributed by atoms with Gasteiger partial charge in [0, 0.05) is 61.5 Å². The molecular weight excluding hydrogens is 502 g/mol. The Hall–Kier alpha value is -3.85. The van der Waals surface area contributed by atoms with Gasteiger partial charge in [-0.15, -0.1) is 0 Å². The third-order valence-corrected chi connectivity index (χ3v) is 8.51. The van der Waals surface area contributed by atoms with Crippen LogP contribution in [0.2, 0.25) is 0 Å². The molecule has 2 fully saturated rings. The summed E-state index contributed by atoms with van der Waals surface area (Å²) >= 11 is 0. The number of hydrogen-bond acceptors (Lipinski definition) is 8. The first-order valence-electron chi connectivity index (χ1n) is 14.4. The number of phenolic OH excluding ortho intramolecular Hbond substituents is 1. The van der Waals surface area contributed by atoms with Crippen LogP contribution in [0.3, 0.4) is 0 Å². The summed E-state index contributed by atoms with van der Waals surface area (Å²) in [7, 11) is 2.16. The van der Waals surface area contributed by atoms with Crippen LogP contribution in [0.25, 0.3) is 10.8 Å². The Bertz CT molecular complexity index is 1420. The molecule has 9 heteroatoms. The van der Waals surface area contributed by atoms with E-state index in [-0.39, 0.29) is 5.75 Å². The fourth-order valence-corrected chi connectivity index (χ4v) is 6.24. The Morgan fingerprint density at radius 1 is 1.07 bits per heavy atom. The Balaban J connectivity index is 1.30. The number of hydrogen-bond donors (Lipinski definition) is 2. The molecule has 1 aromatic heterocycles. The third-order valence-electron chi connectivity index (χ3n) is 8.51. The van der Waals surface area contributed by atoms with Crippen LogP contribution in [-0.2, 0) is 13.0 Å². The van der Waals surface area contributed by atoms with Gasteiger partial charge in [0.25, 0.3) is 0 Å². The van der Waals surface area contributed by atoms with Crippen LogP contribution in [0, 0.1) is 5.41 Å². The number of anilines is 2. The van der Waals surface area contributed by atoms with Crippen LogP contribution >= 0.6 is 0 Å². The summed E-state index contributed by atoms with van der Waals surface area (Å²) in [5, 5.41) is 20.9. The Labute approximate surface area is 236 Å². The highest BCUT2D eigenvalue weighted by Crippen LogP contribution is 2.36. The van der Waals surface area contributed by atoms with Crippen molar-refractivity contribution in [3.8, 4) is 11.8 Å². The smallest absolute Gasteiger partial charge is 0.318 e. The van der Waals surface area contributed by atoms with Gasteiger partial charge in [-0.25, -0.2) is 0 Å². The van der Waals surface area contributed by atoms with Crippen molar-refractivity contribution in [1.29, 1.82) is 5.41 Å². The second-order valence-corrected chi connectivity index (χ2v) is 11.1. The molecule has 210 valence electrons. The van der Waals surface area contributed by atoms with E-state index < -0.39 is 0 Å². The minimum atomic E-state index is 0.272. The van der Waals surface area contributed by atoms with Gasteiger partial charge in [0.05, 0.1) is 12.2 Å². The number of piperazine rings is 1. The highest BCUT2D eigenvalue weighted by atomic mass is 16.5. The summed E-state index contributed by atoms with van der Waals surface area (Å²) in [6.07, 6.45) is 6.91. The molecule has 0 amide bonds. The van der Waals surface area contributed by atoms with E-state index >= 15 is 0 Å². The van der Waals surface area contributed by atoms with Crippen LogP contribution in [0.1, 0.15) is 31.0 Å². The lowest BCUT2D eigenvalue weighted by molar-refractivity contribution is 0.187. The van der Waals surface area contributed by atoms with Crippen molar-refractivity contribution >= 4 is 28.1 Å². The molecule has 0 saturated carbocycles. The van der Waals surface area contributed by atoms with Gasteiger partial charge in [0.15, 0.2) is 0 Å². The van der Waals surface area contributed by atoms with Gasteiger partial charge in [-0.3, -0.25) is 5.41 Å². The molecule has 6 rings (SSSR count). The number of phenols is 1. The topological polar surface area (TPSA) is 92.1 Å². The molecule has 3 aliphatic rings. The fourth-order valence-electron chi connectivity index (χ4n) is 6.24. The number of rotatable bonds is 6. The van der Waals surface area contributed by atoms with Crippen LogP contribution in [-0.4, -0.2) is 89.7 Å². The number of nitrogens with zero attached hydrogens (tertiary/aromatic N) is 6. The van der Waals surface area contributed by atoms with E-state index in [0.29, 0.717) is 31.0 Å². The second kappa shape index (κ2) is 11.3. The van der Waals surface area contributed by atoms with E-state index in [1.165, 1.54) is 12.0 Å². The van der Waals surface area contributed by atoms with Crippen LogP contribution in [0.15, 0.2) is 48.6 Å². The summed E-state index contributed by atoms with van der Waals surface area (Å²) < 4.78 is 6.28. The molecule has 3 aliphatic heterocycles. The van der Waals surface area contributed by atoms with Crippen molar-refractivity contribution in [1.82, 2.24) is 19.8 Å². The average molecular weight is 542 g/mol. The van der Waals surface area contributed by atoms with E-state index in [9.17, 15) is 5.11 Å².